The lowest BCUT2D eigenvalue weighted by Crippen LogP contribution is -2.48. The Kier molecular flexibility index (Phi) is 4.76. The number of carbonyl (C=O) groups excluding carboxylic acids is 1. The van der Waals surface area contributed by atoms with Crippen molar-refractivity contribution in [2.45, 2.75) is 31.9 Å². The second-order valence-corrected chi connectivity index (χ2v) is 4.74. The number of nitrogens with one attached hydrogen (secondary N) is 1. The Morgan fingerprint density at radius 1 is 1.41 bits per heavy atom. The minimum atomic E-state index is -0.216. The van der Waals surface area contributed by atoms with Gasteiger partial charge < -0.3 is 14.8 Å². The van der Waals surface area contributed by atoms with Gasteiger partial charge in [-0.05, 0) is 19.8 Å². The third-order valence-electron chi connectivity index (χ3n) is 3.46. The zero-order valence-electron chi connectivity index (χ0n) is 10.5. The number of carbonyl (C=O) groups is 1. The highest BCUT2D eigenvalue weighted by molar-refractivity contribution is 5.80. The van der Waals surface area contributed by atoms with E-state index in [9.17, 15) is 4.79 Å². The molecular weight excluding hydrogens is 220 g/mol. The molecule has 0 spiro atoms. The Labute approximate surface area is 102 Å². The fourth-order valence-electron chi connectivity index (χ4n) is 2.29. The van der Waals surface area contributed by atoms with Crippen molar-refractivity contribution in [2.24, 2.45) is 0 Å². The Morgan fingerprint density at radius 2 is 2.18 bits per heavy atom. The van der Waals surface area contributed by atoms with Gasteiger partial charge in [0, 0.05) is 32.3 Å². The summed E-state index contributed by atoms with van der Waals surface area (Å²) in [5, 5.41) is 2.98. The standard InChI is InChI=1S/C12H22N2O3/c1-10(14-4-7-16-8-5-14)9-13-12(15)11-3-2-6-17-11/h10-11H,2-9H2,1H3,(H,13,15)/t10-,11+/m1/s1. The van der Waals surface area contributed by atoms with Crippen LogP contribution in [0.5, 0.6) is 0 Å². The van der Waals surface area contributed by atoms with Crippen LogP contribution in [0.3, 0.4) is 0 Å². The van der Waals surface area contributed by atoms with Crippen molar-refractivity contribution < 1.29 is 14.3 Å². The lowest BCUT2D eigenvalue weighted by Gasteiger charge is -2.32. The zero-order valence-corrected chi connectivity index (χ0v) is 10.5. The van der Waals surface area contributed by atoms with E-state index in [2.05, 4.69) is 17.1 Å². The second kappa shape index (κ2) is 6.33. The van der Waals surface area contributed by atoms with Gasteiger partial charge >= 0.3 is 0 Å². The molecule has 0 aromatic rings. The Balaban J connectivity index is 1.67. The van der Waals surface area contributed by atoms with Crippen molar-refractivity contribution in [1.82, 2.24) is 10.2 Å². The van der Waals surface area contributed by atoms with Gasteiger partial charge in [-0.2, -0.15) is 0 Å². The van der Waals surface area contributed by atoms with E-state index in [1.54, 1.807) is 0 Å². The van der Waals surface area contributed by atoms with Crippen LogP contribution in [0, 0.1) is 0 Å². The lowest BCUT2D eigenvalue weighted by molar-refractivity contribution is -0.130. The van der Waals surface area contributed by atoms with Crippen molar-refractivity contribution in [3.05, 3.63) is 0 Å². The van der Waals surface area contributed by atoms with Gasteiger partial charge in [-0.25, -0.2) is 0 Å². The largest absolute Gasteiger partial charge is 0.379 e. The van der Waals surface area contributed by atoms with Crippen molar-refractivity contribution in [1.29, 1.82) is 0 Å². The predicted octanol–water partition coefficient (Wildman–Crippen LogP) is 0.00230. The fourth-order valence-corrected chi connectivity index (χ4v) is 2.29. The average molecular weight is 242 g/mol. The summed E-state index contributed by atoms with van der Waals surface area (Å²) in [4.78, 5) is 14.1. The molecule has 1 N–H and O–H groups in total. The van der Waals surface area contributed by atoms with Crippen molar-refractivity contribution in [3.63, 3.8) is 0 Å². The summed E-state index contributed by atoms with van der Waals surface area (Å²) < 4.78 is 10.7. The quantitative estimate of drug-likeness (QED) is 0.754. The molecule has 98 valence electrons. The highest BCUT2D eigenvalue weighted by atomic mass is 16.5. The molecule has 0 radical (unpaired) electrons. The van der Waals surface area contributed by atoms with Crippen LogP contribution in [0.15, 0.2) is 0 Å². The molecule has 1 amide bonds. The first-order chi connectivity index (χ1) is 8.27. The van der Waals surface area contributed by atoms with Gasteiger partial charge in [0.15, 0.2) is 0 Å². The minimum Gasteiger partial charge on any atom is -0.379 e. The Morgan fingerprint density at radius 3 is 2.82 bits per heavy atom. The average Bonchev–Trinajstić information content (AvgIpc) is 2.90. The molecule has 2 aliphatic heterocycles. The summed E-state index contributed by atoms with van der Waals surface area (Å²) in [6.45, 7) is 7.05. The molecule has 17 heavy (non-hydrogen) atoms. The molecule has 5 heteroatoms. The normalized spacial score (nSPS) is 27.9. The third-order valence-corrected chi connectivity index (χ3v) is 3.46. The van der Waals surface area contributed by atoms with Crippen LogP contribution in [-0.4, -0.2) is 62.4 Å². The maximum atomic E-state index is 11.8. The van der Waals surface area contributed by atoms with E-state index in [0.717, 1.165) is 45.8 Å². The summed E-state index contributed by atoms with van der Waals surface area (Å²) in [5.74, 6) is 0.0441. The summed E-state index contributed by atoms with van der Waals surface area (Å²) in [5.41, 5.74) is 0. The molecule has 0 aromatic carbocycles. The van der Waals surface area contributed by atoms with Gasteiger partial charge in [0.1, 0.15) is 6.10 Å². The number of nitrogens with zero attached hydrogens (tertiary/aromatic N) is 1. The van der Waals surface area contributed by atoms with Gasteiger partial charge in [-0.1, -0.05) is 0 Å². The number of hydrogen-bond donors (Lipinski definition) is 1. The van der Waals surface area contributed by atoms with Crippen LogP contribution in [0.4, 0.5) is 0 Å². The van der Waals surface area contributed by atoms with E-state index in [1.807, 2.05) is 0 Å². The van der Waals surface area contributed by atoms with Crippen LogP contribution in [0.1, 0.15) is 19.8 Å². The Bertz CT molecular complexity index is 248. The molecular formula is C12H22N2O3. The second-order valence-electron chi connectivity index (χ2n) is 4.74. The van der Waals surface area contributed by atoms with E-state index in [-0.39, 0.29) is 12.0 Å². The summed E-state index contributed by atoms with van der Waals surface area (Å²) in [6.07, 6.45) is 1.64. The lowest BCUT2D eigenvalue weighted by atomic mass is 10.2. The first-order valence-corrected chi connectivity index (χ1v) is 6.48. The molecule has 0 unspecified atom stereocenters. The summed E-state index contributed by atoms with van der Waals surface area (Å²) in [6, 6.07) is 0.365. The summed E-state index contributed by atoms with van der Waals surface area (Å²) >= 11 is 0. The number of morpholine rings is 1. The molecule has 0 aliphatic carbocycles. The van der Waals surface area contributed by atoms with Crippen LogP contribution >= 0.6 is 0 Å². The highest BCUT2D eigenvalue weighted by Gasteiger charge is 2.24. The van der Waals surface area contributed by atoms with E-state index in [0.29, 0.717) is 12.6 Å². The SMILES string of the molecule is C[C@H](CNC(=O)[C@@H]1CCCO1)N1CCOCC1. The highest BCUT2D eigenvalue weighted by Crippen LogP contribution is 2.11. The molecule has 2 atom stereocenters. The topological polar surface area (TPSA) is 50.8 Å². The van der Waals surface area contributed by atoms with Gasteiger partial charge in [-0.3, -0.25) is 9.69 Å². The molecule has 2 heterocycles. The molecule has 2 fully saturated rings. The minimum absolute atomic E-state index is 0.0441. The number of ether oxygens (including phenoxy) is 2. The van der Waals surface area contributed by atoms with Gasteiger partial charge in [0.2, 0.25) is 5.91 Å². The van der Waals surface area contributed by atoms with Crippen molar-refractivity contribution in [3.8, 4) is 0 Å². The van der Waals surface area contributed by atoms with Gasteiger partial charge in [-0.15, -0.1) is 0 Å². The molecule has 0 aromatic heterocycles. The van der Waals surface area contributed by atoms with Crippen molar-refractivity contribution in [2.75, 3.05) is 39.5 Å². The van der Waals surface area contributed by atoms with Gasteiger partial charge in [0.05, 0.1) is 13.2 Å². The predicted molar refractivity (Wildman–Crippen MR) is 63.8 cm³/mol. The van der Waals surface area contributed by atoms with E-state index >= 15 is 0 Å². The summed E-state index contributed by atoms with van der Waals surface area (Å²) in [7, 11) is 0. The maximum Gasteiger partial charge on any atom is 0.249 e. The van der Waals surface area contributed by atoms with E-state index < -0.39 is 0 Å². The molecule has 2 saturated heterocycles. The fraction of sp³-hybridized carbons (Fsp3) is 0.917. The first kappa shape index (κ1) is 12.8. The van der Waals surface area contributed by atoms with Crippen LogP contribution in [-0.2, 0) is 14.3 Å². The Hall–Kier alpha value is -0.650. The molecule has 0 bridgehead atoms. The molecule has 2 rings (SSSR count). The monoisotopic (exact) mass is 242 g/mol. The van der Waals surface area contributed by atoms with Crippen LogP contribution in [0.25, 0.3) is 0 Å². The smallest absolute Gasteiger partial charge is 0.249 e. The number of rotatable bonds is 4. The molecule has 2 aliphatic rings. The van der Waals surface area contributed by atoms with E-state index in [4.69, 9.17) is 9.47 Å². The van der Waals surface area contributed by atoms with Crippen LogP contribution < -0.4 is 5.32 Å². The maximum absolute atomic E-state index is 11.8. The van der Waals surface area contributed by atoms with E-state index in [1.165, 1.54) is 0 Å². The van der Waals surface area contributed by atoms with Gasteiger partial charge in [0.25, 0.3) is 0 Å². The number of amides is 1. The molecule has 5 nitrogen and oxygen atoms in total. The third kappa shape index (κ3) is 3.66. The first-order valence-electron chi connectivity index (χ1n) is 6.48. The number of hydrogen-bond acceptors (Lipinski definition) is 4. The molecule has 0 saturated carbocycles. The zero-order chi connectivity index (χ0) is 12.1. The van der Waals surface area contributed by atoms with Crippen LogP contribution in [0.2, 0.25) is 0 Å². The van der Waals surface area contributed by atoms with Crippen molar-refractivity contribution >= 4 is 5.91 Å².